The summed E-state index contributed by atoms with van der Waals surface area (Å²) in [5.74, 6) is -1.13. The summed E-state index contributed by atoms with van der Waals surface area (Å²) in [7, 11) is 0. The van der Waals surface area contributed by atoms with Gasteiger partial charge in [0.1, 0.15) is 11.1 Å². The van der Waals surface area contributed by atoms with Crippen molar-refractivity contribution in [1.82, 2.24) is 14.8 Å². The van der Waals surface area contributed by atoms with Gasteiger partial charge in [0.25, 0.3) is 0 Å². The predicted octanol–water partition coefficient (Wildman–Crippen LogP) is 3.72. The van der Waals surface area contributed by atoms with E-state index in [4.69, 9.17) is 13.9 Å². The smallest absolute Gasteiger partial charge is 0.417 e. The number of ether oxygens (including phenoxy) is 2. The van der Waals surface area contributed by atoms with Crippen LogP contribution in [0.2, 0.25) is 0 Å². The van der Waals surface area contributed by atoms with Crippen molar-refractivity contribution < 1.29 is 36.7 Å². The number of hydrogen-bond acceptors (Lipinski definition) is 7. The van der Waals surface area contributed by atoms with Gasteiger partial charge >= 0.3 is 18.1 Å². The van der Waals surface area contributed by atoms with E-state index in [0.717, 1.165) is 12.1 Å². The van der Waals surface area contributed by atoms with Crippen LogP contribution >= 0.6 is 0 Å². The summed E-state index contributed by atoms with van der Waals surface area (Å²) >= 11 is 0. The van der Waals surface area contributed by atoms with Crippen LogP contribution in [0.15, 0.2) is 41.3 Å². The van der Waals surface area contributed by atoms with E-state index < -0.39 is 23.7 Å². The maximum atomic E-state index is 12.7. The number of carbonyl (C=O) groups is 2. The van der Waals surface area contributed by atoms with Crippen LogP contribution in [0.25, 0.3) is 5.82 Å². The third-order valence-electron chi connectivity index (χ3n) is 4.10. The van der Waals surface area contributed by atoms with E-state index in [1.807, 2.05) is 0 Å². The normalized spacial score (nSPS) is 11.4. The standard InChI is InChI=1S/C19H16F3N3O5/c1-3-28-17(26)13-6-7-29-15(13)10-30-18(27)14-9-24-25(11(14)2)16-5-4-12(8-23-16)19(20,21)22/h4-9H,3,10H2,1-2H3. The minimum Gasteiger partial charge on any atom is -0.465 e. The highest BCUT2D eigenvalue weighted by atomic mass is 19.4. The molecule has 0 aliphatic rings. The Labute approximate surface area is 168 Å². The van der Waals surface area contributed by atoms with Crippen LogP contribution in [0.5, 0.6) is 0 Å². The van der Waals surface area contributed by atoms with E-state index in [2.05, 4.69) is 10.1 Å². The molecule has 0 fully saturated rings. The zero-order chi connectivity index (χ0) is 21.9. The molecule has 0 bridgehead atoms. The number of furan rings is 1. The molecule has 0 aromatic carbocycles. The van der Waals surface area contributed by atoms with Gasteiger partial charge in [-0.3, -0.25) is 0 Å². The molecule has 0 radical (unpaired) electrons. The summed E-state index contributed by atoms with van der Waals surface area (Å²) in [6.07, 6.45) is -1.34. The molecular formula is C19H16F3N3O5. The molecule has 3 rings (SSSR count). The number of pyridine rings is 1. The molecule has 0 saturated carbocycles. The minimum atomic E-state index is -4.51. The Morgan fingerprint density at radius 2 is 1.83 bits per heavy atom. The van der Waals surface area contributed by atoms with E-state index in [0.29, 0.717) is 11.9 Å². The fraction of sp³-hybridized carbons (Fsp3) is 0.263. The molecule has 0 amide bonds. The highest BCUT2D eigenvalue weighted by molar-refractivity contribution is 5.91. The van der Waals surface area contributed by atoms with Crippen LogP contribution in [-0.4, -0.2) is 33.3 Å². The summed E-state index contributed by atoms with van der Waals surface area (Å²) in [5, 5.41) is 3.99. The third-order valence-corrected chi connectivity index (χ3v) is 4.10. The summed E-state index contributed by atoms with van der Waals surface area (Å²) in [6, 6.07) is 3.42. The molecule has 0 aliphatic heterocycles. The number of halogens is 3. The van der Waals surface area contributed by atoms with E-state index in [9.17, 15) is 22.8 Å². The van der Waals surface area contributed by atoms with Crippen molar-refractivity contribution in [3.05, 3.63) is 65.0 Å². The molecule has 11 heteroatoms. The Morgan fingerprint density at radius 3 is 2.47 bits per heavy atom. The van der Waals surface area contributed by atoms with Gasteiger partial charge in [0.15, 0.2) is 18.2 Å². The third kappa shape index (κ3) is 4.34. The largest absolute Gasteiger partial charge is 0.465 e. The fourth-order valence-electron chi connectivity index (χ4n) is 2.57. The second-order valence-corrected chi connectivity index (χ2v) is 6.01. The van der Waals surface area contributed by atoms with Crippen molar-refractivity contribution in [3.8, 4) is 5.82 Å². The Morgan fingerprint density at radius 1 is 1.10 bits per heavy atom. The maximum Gasteiger partial charge on any atom is 0.417 e. The zero-order valence-electron chi connectivity index (χ0n) is 15.9. The molecule has 0 unspecified atom stereocenters. The average Bonchev–Trinajstić information content (AvgIpc) is 3.32. The average molecular weight is 423 g/mol. The maximum absolute atomic E-state index is 12.7. The molecule has 0 N–H and O–H groups in total. The van der Waals surface area contributed by atoms with Crippen LogP contribution < -0.4 is 0 Å². The lowest BCUT2D eigenvalue weighted by Gasteiger charge is -2.08. The molecule has 30 heavy (non-hydrogen) atoms. The van der Waals surface area contributed by atoms with Crippen LogP contribution in [0, 0.1) is 6.92 Å². The Kier molecular flexibility index (Phi) is 5.90. The van der Waals surface area contributed by atoms with E-state index in [1.54, 1.807) is 13.8 Å². The van der Waals surface area contributed by atoms with Crippen molar-refractivity contribution in [1.29, 1.82) is 0 Å². The van der Waals surface area contributed by atoms with Gasteiger partial charge in [0, 0.05) is 6.20 Å². The molecule has 0 saturated heterocycles. The van der Waals surface area contributed by atoms with E-state index in [-0.39, 0.29) is 35.9 Å². The fourth-order valence-corrected chi connectivity index (χ4v) is 2.57. The van der Waals surface area contributed by atoms with Crippen LogP contribution in [0.4, 0.5) is 13.2 Å². The summed E-state index contributed by atoms with van der Waals surface area (Å²) in [6.45, 7) is 3.06. The second kappa shape index (κ2) is 8.39. The number of aromatic nitrogens is 3. The topological polar surface area (TPSA) is 96.5 Å². The van der Waals surface area contributed by atoms with Gasteiger partial charge in [-0.05, 0) is 32.0 Å². The molecular weight excluding hydrogens is 407 g/mol. The van der Waals surface area contributed by atoms with Crippen molar-refractivity contribution in [2.75, 3.05) is 6.61 Å². The molecule has 3 aromatic heterocycles. The Bertz CT molecular complexity index is 1050. The first kappa shape index (κ1) is 21.1. The van der Waals surface area contributed by atoms with Crippen molar-refractivity contribution >= 4 is 11.9 Å². The molecule has 3 aromatic rings. The Balaban J connectivity index is 1.73. The number of alkyl halides is 3. The number of nitrogens with zero attached hydrogens (tertiary/aromatic N) is 3. The zero-order valence-corrected chi connectivity index (χ0v) is 15.9. The lowest BCUT2D eigenvalue weighted by Crippen LogP contribution is -2.11. The van der Waals surface area contributed by atoms with Crippen LogP contribution in [-0.2, 0) is 22.3 Å². The van der Waals surface area contributed by atoms with Crippen LogP contribution in [0.1, 0.15) is 44.7 Å². The first-order valence-electron chi connectivity index (χ1n) is 8.71. The van der Waals surface area contributed by atoms with Gasteiger partial charge < -0.3 is 13.9 Å². The van der Waals surface area contributed by atoms with Gasteiger partial charge in [-0.25, -0.2) is 19.3 Å². The Hall–Kier alpha value is -3.63. The summed E-state index contributed by atoms with van der Waals surface area (Å²) in [4.78, 5) is 28.0. The first-order valence-corrected chi connectivity index (χ1v) is 8.71. The lowest BCUT2D eigenvalue weighted by molar-refractivity contribution is -0.137. The second-order valence-electron chi connectivity index (χ2n) is 6.01. The monoisotopic (exact) mass is 423 g/mol. The van der Waals surface area contributed by atoms with Gasteiger partial charge in [-0.1, -0.05) is 0 Å². The molecule has 8 nitrogen and oxygen atoms in total. The molecule has 3 heterocycles. The number of esters is 2. The molecule has 0 aliphatic carbocycles. The number of carbonyl (C=O) groups excluding carboxylic acids is 2. The number of hydrogen-bond donors (Lipinski definition) is 0. The number of rotatable bonds is 6. The quantitative estimate of drug-likeness (QED) is 0.558. The van der Waals surface area contributed by atoms with Gasteiger partial charge in [-0.15, -0.1) is 0 Å². The van der Waals surface area contributed by atoms with Crippen molar-refractivity contribution in [2.24, 2.45) is 0 Å². The van der Waals surface area contributed by atoms with E-state index in [1.165, 1.54) is 23.2 Å². The highest BCUT2D eigenvalue weighted by Crippen LogP contribution is 2.29. The molecule has 158 valence electrons. The highest BCUT2D eigenvalue weighted by Gasteiger charge is 2.31. The summed E-state index contributed by atoms with van der Waals surface area (Å²) in [5.41, 5.74) is -0.351. The first-order chi connectivity index (χ1) is 14.2. The lowest BCUT2D eigenvalue weighted by atomic mass is 10.2. The van der Waals surface area contributed by atoms with Gasteiger partial charge in [-0.2, -0.15) is 18.3 Å². The van der Waals surface area contributed by atoms with Gasteiger partial charge in [0.2, 0.25) is 0 Å². The molecule has 0 atom stereocenters. The SMILES string of the molecule is CCOC(=O)c1ccoc1COC(=O)c1cnn(-c2ccc(C(F)(F)F)cn2)c1C. The van der Waals surface area contributed by atoms with Gasteiger partial charge in [0.05, 0.1) is 30.3 Å². The van der Waals surface area contributed by atoms with E-state index >= 15 is 0 Å². The molecule has 0 spiro atoms. The predicted molar refractivity (Wildman–Crippen MR) is 94.9 cm³/mol. The minimum absolute atomic E-state index is 0.0842. The summed E-state index contributed by atoms with van der Waals surface area (Å²) < 4.78 is 54.5. The van der Waals surface area contributed by atoms with Crippen molar-refractivity contribution in [3.63, 3.8) is 0 Å². The van der Waals surface area contributed by atoms with Crippen molar-refractivity contribution in [2.45, 2.75) is 26.6 Å². The van der Waals surface area contributed by atoms with Crippen LogP contribution in [0.3, 0.4) is 0 Å².